The molecule has 0 amide bonds. The van der Waals surface area contributed by atoms with Gasteiger partial charge in [-0.05, 0) is 43.6 Å². The van der Waals surface area contributed by atoms with Gasteiger partial charge in [-0.15, -0.1) is 0 Å². The predicted molar refractivity (Wildman–Crippen MR) is 87.1 cm³/mol. The average molecular weight is 341 g/mol. The highest BCUT2D eigenvalue weighted by Gasteiger charge is 2.18. The fourth-order valence-electron chi connectivity index (χ4n) is 2.54. The van der Waals surface area contributed by atoms with Crippen molar-refractivity contribution in [2.24, 2.45) is 11.7 Å². The maximum Gasteiger partial charge on any atom is 0.127 e. The first kappa shape index (κ1) is 15.8. The molecule has 112 valence electrons. The van der Waals surface area contributed by atoms with Crippen LogP contribution in [0.1, 0.15) is 31.4 Å². The number of nitrogens with zero attached hydrogens (tertiary/aromatic N) is 1. The van der Waals surface area contributed by atoms with E-state index in [9.17, 15) is 0 Å². The summed E-state index contributed by atoms with van der Waals surface area (Å²) < 4.78 is 6.92. The van der Waals surface area contributed by atoms with E-state index in [1.165, 1.54) is 11.1 Å². The average Bonchev–Trinajstić information content (AvgIpc) is 2.83. The van der Waals surface area contributed by atoms with E-state index in [1.807, 2.05) is 0 Å². The zero-order valence-electron chi connectivity index (χ0n) is 12.7. The molecule has 0 fully saturated rings. The molecular weight excluding hydrogens is 316 g/mol. The van der Waals surface area contributed by atoms with Crippen molar-refractivity contribution in [3.05, 3.63) is 27.7 Å². The van der Waals surface area contributed by atoms with Crippen molar-refractivity contribution in [3.8, 4) is 5.75 Å². The lowest BCUT2D eigenvalue weighted by molar-refractivity contribution is 0.288. The van der Waals surface area contributed by atoms with Crippen LogP contribution in [0, 0.1) is 5.92 Å². The maximum atomic E-state index is 6.11. The number of halogens is 1. The highest BCUT2D eigenvalue weighted by molar-refractivity contribution is 9.10. The molecule has 20 heavy (non-hydrogen) atoms. The Morgan fingerprint density at radius 1 is 1.40 bits per heavy atom. The Labute approximate surface area is 130 Å². The molecule has 0 radical (unpaired) electrons. The van der Waals surface area contributed by atoms with Crippen LogP contribution in [0.3, 0.4) is 0 Å². The molecule has 0 saturated carbocycles. The van der Waals surface area contributed by atoms with Crippen LogP contribution in [0.4, 0.5) is 0 Å². The summed E-state index contributed by atoms with van der Waals surface area (Å²) in [6.45, 7) is 7.09. The van der Waals surface area contributed by atoms with Crippen molar-refractivity contribution >= 4 is 15.9 Å². The van der Waals surface area contributed by atoms with E-state index >= 15 is 0 Å². The van der Waals surface area contributed by atoms with E-state index in [1.54, 1.807) is 0 Å². The lowest BCUT2D eigenvalue weighted by Crippen LogP contribution is -2.31. The monoisotopic (exact) mass is 340 g/mol. The lowest BCUT2D eigenvalue weighted by Gasteiger charge is -2.22. The van der Waals surface area contributed by atoms with Crippen LogP contribution in [0.5, 0.6) is 5.75 Å². The van der Waals surface area contributed by atoms with Crippen LogP contribution in [0.15, 0.2) is 16.6 Å². The topological polar surface area (TPSA) is 38.5 Å². The third-order valence-corrected chi connectivity index (χ3v) is 4.42. The zero-order valence-corrected chi connectivity index (χ0v) is 14.2. The molecule has 1 aromatic carbocycles. The fourth-order valence-corrected chi connectivity index (χ4v) is 3.09. The molecule has 2 rings (SSSR count). The third-order valence-electron chi connectivity index (χ3n) is 3.97. The summed E-state index contributed by atoms with van der Waals surface area (Å²) in [6.07, 6.45) is 2.05. The zero-order chi connectivity index (χ0) is 14.7. The molecule has 1 aliphatic heterocycles. The molecule has 0 spiro atoms. The number of fused-ring (bicyclic) bond motifs is 1. The molecule has 4 heteroatoms. The Hall–Kier alpha value is -0.580. The second-order valence-corrected chi connectivity index (χ2v) is 7.00. The molecule has 3 nitrogen and oxygen atoms in total. The summed E-state index contributed by atoms with van der Waals surface area (Å²) in [4.78, 5) is 2.33. The van der Waals surface area contributed by atoms with Gasteiger partial charge in [-0.3, -0.25) is 0 Å². The van der Waals surface area contributed by atoms with Gasteiger partial charge < -0.3 is 15.4 Å². The Bertz CT molecular complexity index is 462. The summed E-state index contributed by atoms with van der Waals surface area (Å²) in [7, 11) is 2.15. The first-order chi connectivity index (χ1) is 9.47. The second kappa shape index (κ2) is 6.92. The predicted octanol–water partition coefficient (Wildman–Crippen LogP) is 3.19. The van der Waals surface area contributed by atoms with Crippen LogP contribution in [-0.2, 0) is 13.0 Å². The highest BCUT2D eigenvalue weighted by Crippen LogP contribution is 2.33. The first-order valence-electron chi connectivity index (χ1n) is 7.35. The molecule has 0 bridgehead atoms. The third kappa shape index (κ3) is 3.96. The molecule has 1 unspecified atom stereocenters. The highest BCUT2D eigenvalue weighted by atomic mass is 79.9. The number of nitrogens with two attached hydrogens (primary N) is 1. The van der Waals surface area contributed by atoms with E-state index in [-0.39, 0.29) is 6.04 Å². The lowest BCUT2D eigenvalue weighted by atomic mass is 10.0. The quantitative estimate of drug-likeness (QED) is 0.864. The number of ether oxygens (including phenoxy) is 1. The van der Waals surface area contributed by atoms with E-state index in [4.69, 9.17) is 10.5 Å². The summed E-state index contributed by atoms with van der Waals surface area (Å²) in [5.41, 5.74) is 8.71. The van der Waals surface area contributed by atoms with E-state index < -0.39 is 0 Å². The standard InChI is InChI=1S/C16H25BrN2O/c1-11(2)15(18)4-6-19(3)10-13-9-14(17)8-12-5-7-20-16(12)13/h8-9,11,15H,4-7,10,18H2,1-3H3. The number of hydrogen-bond acceptors (Lipinski definition) is 3. The van der Waals surface area contributed by atoms with Gasteiger partial charge in [0.2, 0.25) is 0 Å². The molecule has 0 saturated heterocycles. The normalized spacial score (nSPS) is 15.6. The van der Waals surface area contributed by atoms with Gasteiger partial charge in [0.25, 0.3) is 0 Å². The molecule has 0 aliphatic carbocycles. The first-order valence-corrected chi connectivity index (χ1v) is 8.15. The van der Waals surface area contributed by atoms with Gasteiger partial charge in [-0.25, -0.2) is 0 Å². The van der Waals surface area contributed by atoms with Gasteiger partial charge in [-0.1, -0.05) is 29.8 Å². The summed E-state index contributed by atoms with van der Waals surface area (Å²) in [5.74, 6) is 1.63. The van der Waals surface area contributed by atoms with Crippen molar-refractivity contribution in [3.63, 3.8) is 0 Å². The van der Waals surface area contributed by atoms with Gasteiger partial charge in [0.05, 0.1) is 6.61 Å². The van der Waals surface area contributed by atoms with Crippen molar-refractivity contribution in [1.29, 1.82) is 0 Å². The van der Waals surface area contributed by atoms with Crippen molar-refractivity contribution in [1.82, 2.24) is 4.90 Å². The van der Waals surface area contributed by atoms with E-state index in [2.05, 4.69) is 53.9 Å². The molecular formula is C16H25BrN2O. The van der Waals surface area contributed by atoms with Gasteiger partial charge in [0.1, 0.15) is 5.75 Å². The van der Waals surface area contributed by atoms with Gasteiger partial charge in [-0.2, -0.15) is 0 Å². The molecule has 1 heterocycles. The van der Waals surface area contributed by atoms with Crippen molar-refractivity contribution < 1.29 is 4.74 Å². The number of hydrogen-bond donors (Lipinski definition) is 1. The van der Waals surface area contributed by atoms with Gasteiger partial charge in [0.15, 0.2) is 0 Å². The van der Waals surface area contributed by atoms with Crippen molar-refractivity contribution in [2.75, 3.05) is 20.2 Å². The Morgan fingerprint density at radius 2 is 2.15 bits per heavy atom. The SMILES string of the molecule is CC(C)C(N)CCN(C)Cc1cc(Br)cc2c1OCC2. The second-order valence-electron chi connectivity index (χ2n) is 6.09. The molecule has 0 aromatic heterocycles. The van der Waals surface area contributed by atoms with Crippen LogP contribution < -0.4 is 10.5 Å². The summed E-state index contributed by atoms with van der Waals surface area (Å²) >= 11 is 3.59. The van der Waals surface area contributed by atoms with Crippen LogP contribution in [0.2, 0.25) is 0 Å². The van der Waals surface area contributed by atoms with Crippen LogP contribution in [0.25, 0.3) is 0 Å². The van der Waals surface area contributed by atoms with E-state index in [0.29, 0.717) is 5.92 Å². The minimum atomic E-state index is 0.280. The Kier molecular flexibility index (Phi) is 5.47. The fraction of sp³-hybridized carbons (Fsp3) is 0.625. The largest absolute Gasteiger partial charge is 0.493 e. The minimum Gasteiger partial charge on any atom is -0.493 e. The van der Waals surface area contributed by atoms with Gasteiger partial charge >= 0.3 is 0 Å². The number of rotatable bonds is 6. The molecule has 2 N–H and O–H groups in total. The Morgan fingerprint density at radius 3 is 2.85 bits per heavy atom. The minimum absolute atomic E-state index is 0.280. The van der Waals surface area contributed by atoms with Crippen LogP contribution >= 0.6 is 15.9 Å². The summed E-state index contributed by atoms with van der Waals surface area (Å²) in [6, 6.07) is 4.62. The summed E-state index contributed by atoms with van der Waals surface area (Å²) in [5, 5.41) is 0. The molecule has 1 atom stereocenters. The maximum absolute atomic E-state index is 6.11. The number of benzene rings is 1. The van der Waals surface area contributed by atoms with Crippen LogP contribution in [-0.4, -0.2) is 31.1 Å². The smallest absolute Gasteiger partial charge is 0.127 e. The van der Waals surface area contributed by atoms with E-state index in [0.717, 1.165) is 42.8 Å². The molecule has 1 aliphatic rings. The molecule has 1 aromatic rings. The van der Waals surface area contributed by atoms with Gasteiger partial charge in [0, 0.05) is 29.0 Å². The Balaban J connectivity index is 1.96. The van der Waals surface area contributed by atoms with Crippen molar-refractivity contribution in [2.45, 2.75) is 39.3 Å².